The molecular weight excluding hydrogens is 268 g/mol. The second-order valence-electron chi connectivity index (χ2n) is 4.33. The molecule has 0 saturated carbocycles. The summed E-state index contributed by atoms with van der Waals surface area (Å²) < 4.78 is 0. The molecule has 1 aliphatic rings. The van der Waals surface area contributed by atoms with E-state index in [0.717, 1.165) is 30.8 Å². The molecular formula is C13H17ClN2OS. The number of nitrogens with one attached hydrogen (secondary N) is 2. The van der Waals surface area contributed by atoms with Gasteiger partial charge in [0.15, 0.2) is 0 Å². The SMILES string of the molecule is O=C(CSc1ccccc1Cl)N[C@H]1CCCNC1. The number of piperidine rings is 1. The highest BCUT2D eigenvalue weighted by atomic mass is 35.5. The zero-order valence-electron chi connectivity index (χ0n) is 10.1. The molecule has 0 bridgehead atoms. The summed E-state index contributed by atoms with van der Waals surface area (Å²) in [5.41, 5.74) is 0. The first-order chi connectivity index (χ1) is 8.75. The third-order valence-corrected chi connectivity index (χ3v) is 4.37. The van der Waals surface area contributed by atoms with Crippen molar-refractivity contribution in [3.63, 3.8) is 0 Å². The molecule has 1 atom stereocenters. The van der Waals surface area contributed by atoms with Crippen LogP contribution < -0.4 is 10.6 Å². The standard InChI is InChI=1S/C13H17ClN2OS/c14-11-5-1-2-6-12(11)18-9-13(17)16-10-4-3-7-15-8-10/h1-2,5-6,10,15H,3-4,7-9H2,(H,16,17)/t10-/m0/s1. The van der Waals surface area contributed by atoms with E-state index in [-0.39, 0.29) is 11.9 Å². The lowest BCUT2D eigenvalue weighted by Gasteiger charge is -2.23. The fraction of sp³-hybridized carbons (Fsp3) is 0.462. The van der Waals surface area contributed by atoms with E-state index in [1.165, 1.54) is 11.8 Å². The van der Waals surface area contributed by atoms with Gasteiger partial charge in [0.2, 0.25) is 5.91 Å². The smallest absolute Gasteiger partial charge is 0.230 e. The molecule has 3 nitrogen and oxygen atoms in total. The Labute approximate surface area is 117 Å². The molecule has 0 spiro atoms. The summed E-state index contributed by atoms with van der Waals surface area (Å²) in [5, 5.41) is 7.03. The van der Waals surface area contributed by atoms with Crippen molar-refractivity contribution < 1.29 is 4.79 Å². The molecule has 0 aliphatic carbocycles. The van der Waals surface area contributed by atoms with Gasteiger partial charge in [0.05, 0.1) is 10.8 Å². The van der Waals surface area contributed by atoms with Gasteiger partial charge in [-0.1, -0.05) is 23.7 Å². The summed E-state index contributed by atoms with van der Waals surface area (Å²) in [7, 11) is 0. The van der Waals surface area contributed by atoms with Crippen LogP contribution >= 0.6 is 23.4 Å². The van der Waals surface area contributed by atoms with E-state index < -0.39 is 0 Å². The summed E-state index contributed by atoms with van der Waals surface area (Å²) in [5.74, 6) is 0.494. The van der Waals surface area contributed by atoms with Gasteiger partial charge in [-0.05, 0) is 31.5 Å². The second kappa shape index (κ2) is 7.02. The van der Waals surface area contributed by atoms with Crippen LogP contribution in [0.4, 0.5) is 0 Å². The van der Waals surface area contributed by atoms with Crippen LogP contribution in [0.1, 0.15) is 12.8 Å². The van der Waals surface area contributed by atoms with E-state index in [2.05, 4.69) is 10.6 Å². The first kappa shape index (κ1) is 13.7. The van der Waals surface area contributed by atoms with Crippen molar-refractivity contribution in [2.45, 2.75) is 23.8 Å². The maximum absolute atomic E-state index is 11.8. The van der Waals surface area contributed by atoms with Gasteiger partial charge in [-0.25, -0.2) is 0 Å². The number of halogens is 1. The van der Waals surface area contributed by atoms with Crippen molar-refractivity contribution in [3.8, 4) is 0 Å². The third kappa shape index (κ3) is 4.19. The van der Waals surface area contributed by atoms with E-state index in [4.69, 9.17) is 11.6 Å². The summed E-state index contributed by atoms with van der Waals surface area (Å²) in [4.78, 5) is 12.7. The van der Waals surface area contributed by atoms with E-state index >= 15 is 0 Å². The van der Waals surface area contributed by atoms with Crippen LogP contribution in [0.2, 0.25) is 5.02 Å². The maximum Gasteiger partial charge on any atom is 0.230 e. The Hall–Kier alpha value is -0.710. The van der Waals surface area contributed by atoms with Gasteiger partial charge in [-0.3, -0.25) is 4.79 Å². The molecule has 0 unspecified atom stereocenters. The van der Waals surface area contributed by atoms with Crippen molar-refractivity contribution in [2.24, 2.45) is 0 Å². The number of rotatable bonds is 4. The molecule has 1 aromatic rings. The molecule has 0 aromatic heterocycles. The molecule has 18 heavy (non-hydrogen) atoms. The van der Waals surface area contributed by atoms with E-state index in [0.29, 0.717) is 10.8 Å². The zero-order valence-corrected chi connectivity index (χ0v) is 11.7. The van der Waals surface area contributed by atoms with Crippen molar-refractivity contribution in [1.29, 1.82) is 0 Å². The van der Waals surface area contributed by atoms with E-state index in [1.807, 2.05) is 24.3 Å². The van der Waals surface area contributed by atoms with Gasteiger partial charge >= 0.3 is 0 Å². The average molecular weight is 285 g/mol. The minimum Gasteiger partial charge on any atom is -0.351 e. The van der Waals surface area contributed by atoms with Crippen LogP contribution in [-0.2, 0) is 4.79 Å². The number of carbonyl (C=O) groups excluding carboxylic acids is 1. The number of hydrogen-bond donors (Lipinski definition) is 2. The van der Waals surface area contributed by atoms with Crippen LogP contribution in [0, 0.1) is 0 Å². The van der Waals surface area contributed by atoms with Gasteiger partial charge in [0.25, 0.3) is 0 Å². The number of amides is 1. The molecule has 1 amide bonds. The molecule has 0 radical (unpaired) electrons. The quantitative estimate of drug-likeness (QED) is 0.834. The third-order valence-electron chi connectivity index (χ3n) is 2.86. The van der Waals surface area contributed by atoms with Crippen LogP contribution in [0.15, 0.2) is 29.2 Å². The highest BCUT2D eigenvalue weighted by Crippen LogP contribution is 2.26. The Kier molecular flexibility index (Phi) is 5.35. The predicted octanol–water partition coefficient (Wildman–Crippen LogP) is 2.30. The Morgan fingerprint density at radius 1 is 1.50 bits per heavy atom. The van der Waals surface area contributed by atoms with Crippen LogP contribution in [0.5, 0.6) is 0 Å². The number of thioether (sulfide) groups is 1. The number of carbonyl (C=O) groups is 1. The van der Waals surface area contributed by atoms with Crippen LogP contribution in [-0.4, -0.2) is 30.8 Å². The number of benzene rings is 1. The molecule has 1 heterocycles. The summed E-state index contributed by atoms with van der Waals surface area (Å²) in [6.45, 7) is 1.93. The largest absolute Gasteiger partial charge is 0.351 e. The van der Waals surface area contributed by atoms with Crippen LogP contribution in [0.3, 0.4) is 0 Å². The summed E-state index contributed by atoms with van der Waals surface area (Å²) >= 11 is 7.52. The van der Waals surface area contributed by atoms with E-state index in [1.54, 1.807) is 0 Å². The monoisotopic (exact) mass is 284 g/mol. The molecule has 2 rings (SSSR count). The lowest BCUT2D eigenvalue weighted by atomic mass is 10.1. The minimum atomic E-state index is 0.0774. The predicted molar refractivity (Wildman–Crippen MR) is 76.2 cm³/mol. The lowest BCUT2D eigenvalue weighted by molar-refractivity contribution is -0.119. The highest BCUT2D eigenvalue weighted by Gasteiger charge is 2.15. The van der Waals surface area contributed by atoms with Gasteiger partial charge in [-0.15, -0.1) is 11.8 Å². The normalized spacial score (nSPS) is 19.5. The molecule has 1 aromatic carbocycles. The Morgan fingerprint density at radius 2 is 2.33 bits per heavy atom. The second-order valence-corrected chi connectivity index (χ2v) is 5.75. The minimum absolute atomic E-state index is 0.0774. The topological polar surface area (TPSA) is 41.1 Å². The molecule has 1 saturated heterocycles. The van der Waals surface area contributed by atoms with Crippen LogP contribution in [0.25, 0.3) is 0 Å². The molecule has 1 aliphatic heterocycles. The van der Waals surface area contributed by atoms with Crippen molar-refractivity contribution in [2.75, 3.05) is 18.8 Å². The van der Waals surface area contributed by atoms with E-state index in [9.17, 15) is 4.79 Å². The average Bonchev–Trinajstić information content (AvgIpc) is 2.39. The molecule has 5 heteroatoms. The van der Waals surface area contributed by atoms with Crippen molar-refractivity contribution >= 4 is 29.3 Å². The first-order valence-electron chi connectivity index (χ1n) is 6.13. The molecule has 1 fully saturated rings. The number of hydrogen-bond acceptors (Lipinski definition) is 3. The van der Waals surface area contributed by atoms with Crippen molar-refractivity contribution in [3.05, 3.63) is 29.3 Å². The molecule has 2 N–H and O–H groups in total. The summed E-state index contributed by atoms with van der Waals surface area (Å²) in [6, 6.07) is 7.87. The Bertz CT molecular complexity index is 408. The highest BCUT2D eigenvalue weighted by molar-refractivity contribution is 8.00. The van der Waals surface area contributed by atoms with Gasteiger partial charge in [0, 0.05) is 17.5 Å². The van der Waals surface area contributed by atoms with Gasteiger partial charge in [0.1, 0.15) is 0 Å². The van der Waals surface area contributed by atoms with Gasteiger partial charge in [-0.2, -0.15) is 0 Å². The Morgan fingerprint density at radius 3 is 3.06 bits per heavy atom. The molecule has 98 valence electrons. The Balaban J connectivity index is 1.76. The maximum atomic E-state index is 11.8. The lowest BCUT2D eigenvalue weighted by Crippen LogP contribution is -2.46. The fourth-order valence-electron chi connectivity index (χ4n) is 1.95. The fourth-order valence-corrected chi connectivity index (χ4v) is 3.00. The summed E-state index contributed by atoms with van der Waals surface area (Å²) in [6.07, 6.45) is 2.19. The first-order valence-corrected chi connectivity index (χ1v) is 7.49. The van der Waals surface area contributed by atoms with Crippen molar-refractivity contribution in [1.82, 2.24) is 10.6 Å². The zero-order chi connectivity index (χ0) is 12.8. The van der Waals surface area contributed by atoms with Gasteiger partial charge < -0.3 is 10.6 Å².